The first kappa shape index (κ1) is 15.7. The van der Waals surface area contributed by atoms with Crippen molar-refractivity contribution in [2.45, 2.75) is 0 Å². The van der Waals surface area contributed by atoms with Gasteiger partial charge in [-0.25, -0.2) is 0 Å². The third kappa shape index (κ3) is 39.3. The molecule has 0 rings (SSSR count). The molecule has 0 aliphatic rings. The van der Waals surface area contributed by atoms with Crippen molar-refractivity contribution >= 4 is 0 Å². The van der Waals surface area contributed by atoms with Crippen molar-refractivity contribution in [3.63, 3.8) is 0 Å². The number of hydrogen-bond donors (Lipinski definition) is 0. The molecule has 0 atom stereocenters. The molecule has 0 spiro atoms. The molecule has 32 valence electrons. The molecule has 0 fully saturated rings. The van der Waals surface area contributed by atoms with Crippen molar-refractivity contribution < 1.29 is 85.8 Å². The molecule has 0 aliphatic heterocycles. The van der Waals surface area contributed by atoms with Crippen LogP contribution >= 0.6 is 0 Å². The van der Waals surface area contributed by atoms with Gasteiger partial charge in [0.1, 0.15) is 0 Å². The fourth-order valence-corrected chi connectivity index (χ4v) is 0. The number of rotatable bonds is 0. The summed E-state index contributed by atoms with van der Waals surface area (Å²) >= 11 is -4.20. The molecule has 6 heteroatoms. The summed E-state index contributed by atoms with van der Waals surface area (Å²) in [6.07, 6.45) is 0. The van der Waals surface area contributed by atoms with E-state index >= 15 is 0 Å². The van der Waals surface area contributed by atoms with Crippen LogP contribution in [0.1, 0.15) is 0 Å². The van der Waals surface area contributed by atoms with Gasteiger partial charge in [0.15, 0.2) is 0 Å². The standard InChI is InChI=1S/K.Nb.H2O.3O/h;;1H2;;;/q+1;;;;;-1. The third-order valence-corrected chi connectivity index (χ3v) is 0. The van der Waals surface area contributed by atoms with Crippen molar-refractivity contribution in [3.05, 3.63) is 0 Å². The van der Waals surface area contributed by atoms with E-state index in [1.165, 1.54) is 0 Å². The normalized spacial score (nSPS) is 4.17. The first-order valence-electron chi connectivity index (χ1n) is 0.548. The molecule has 0 bridgehead atoms. The summed E-state index contributed by atoms with van der Waals surface area (Å²) in [7, 11) is 0. The van der Waals surface area contributed by atoms with Crippen LogP contribution in [0.15, 0.2) is 0 Å². The Hall–Kier alpha value is 1.90. The molecule has 0 amide bonds. The summed E-state index contributed by atoms with van der Waals surface area (Å²) in [5, 5.41) is 0. The van der Waals surface area contributed by atoms with Gasteiger partial charge >= 0.3 is 80.3 Å². The van der Waals surface area contributed by atoms with Gasteiger partial charge in [0, 0.05) is 0 Å². The molecule has 0 saturated carbocycles. The summed E-state index contributed by atoms with van der Waals surface area (Å²) in [4.78, 5) is 0. The van der Waals surface area contributed by atoms with Crippen LogP contribution in [-0.4, -0.2) is 5.48 Å². The molecule has 0 saturated heterocycles. The predicted molar refractivity (Wildman–Crippen MR) is 4.99 cm³/mol. The Morgan fingerprint density at radius 3 is 1.33 bits per heavy atom. The first-order valence-corrected chi connectivity index (χ1v) is 3.24. The van der Waals surface area contributed by atoms with Crippen LogP contribution in [0.5, 0.6) is 0 Å². The molecule has 0 heterocycles. The summed E-state index contributed by atoms with van der Waals surface area (Å²) < 4.78 is 25.8. The fourth-order valence-electron chi connectivity index (χ4n) is 0. The Kier molecular flexibility index (Phi) is 26.1. The van der Waals surface area contributed by atoms with E-state index < -0.39 is 18.8 Å². The zero-order valence-electron chi connectivity index (χ0n) is 3.17. The Morgan fingerprint density at radius 2 is 1.33 bits per heavy atom. The zero-order chi connectivity index (χ0) is 3.58. The quantitative estimate of drug-likeness (QED) is 0.364. The third-order valence-electron chi connectivity index (χ3n) is 0. The number of hydrogen-bond acceptors (Lipinski definition) is 3. The monoisotopic (exact) mass is 198 g/mol. The van der Waals surface area contributed by atoms with Crippen molar-refractivity contribution in [1.29, 1.82) is 0 Å². The van der Waals surface area contributed by atoms with Gasteiger partial charge in [0.2, 0.25) is 0 Å². The fraction of sp³-hybridized carbons (Fsp3) is 0. The van der Waals surface area contributed by atoms with E-state index in [0.29, 0.717) is 0 Å². The minimum atomic E-state index is -4.20. The van der Waals surface area contributed by atoms with Gasteiger partial charge in [0.25, 0.3) is 0 Å². The van der Waals surface area contributed by atoms with Gasteiger partial charge in [-0.2, -0.15) is 0 Å². The Bertz CT molecular complexity index is 55.9. The van der Waals surface area contributed by atoms with E-state index in [4.69, 9.17) is 10.1 Å². The van der Waals surface area contributed by atoms with Crippen LogP contribution in [0.4, 0.5) is 0 Å². The average molecular weight is 198 g/mol. The predicted octanol–water partition coefficient (Wildman–Crippen LogP) is -5.25. The van der Waals surface area contributed by atoms with E-state index in [-0.39, 0.29) is 56.9 Å². The van der Waals surface area contributed by atoms with Crippen LogP contribution in [0.25, 0.3) is 0 Å². The maximum atomic E-state index is 8.60. The van der Waals surface area contributed by atoms with Gasteiger partial charge in [-0.15, -0.1) is 0 Å². The van der Waals surface area contributed by atoms with E-state index in [0.717, 1.165) is 0 Å². The van der Waals surface area contributed by atoms with Crippen molar-refractivity contribution in [2.24, 2.45) is 0 Å². The van der Waals surface area contributed by atoms with Crippen LogP contribution in [0.3, 0.4) is 0 Å². The second-order valence-corrected chi connectivity index (χ2v) is 1.32. The first-order chi connectivity index (χ1) is 1.73. The van der Waals surface area contributed by atoms with Crippen LogP contribution in [0.2, 0.25) is 0 Å². The van der Waals surface area contributed by atoms with E-state index in [1.807, 2.05) is 0 Å². The summed E-state index contributed by atoms with van der Waals surface area (Å²) in [5.74, 6) is 0. The van der Waals surface area contributed by atoms with Gasteiger partial charge in [0.05, 0.1) is 0 Å². The maximum absolute atomic E-state index is 8.60. The van der Waals surface area contributed by atoms with Gasteiger partial charge in [-0.1, -0.05) is 0 Å². The molecule has 4 nitrogen and oxygen atoms in total. The molecular formula is H2KNbO4. The molecular weight excluding hydrogens is 196 g/mol. The Labute approximate surface area is 83.9 Å². The van der Waals surface area contributed by atoms with Gasteiger partial charge in [-0.05, 0) is 0 Å². The topological polar surface area (TPSA) is 88.7 Å². The SMILES string of the molecule is O.[K+].[O]=[Nb](=[O])[O-]. The molecule has 0 unspecified atom stereocenters. The van der Waals surface area contributed by atoms with Crippen LogP contribution in [0, 0.1) is 0 Å². The molecule has 0 aromatic rings. The van der Waals surface area contributed by atoms with Gasteiger partial charge < -0.3 is 5.48 Å². The second-order valence-electron chi connectivity index (χ2n) is 0.224. The molecule has 0 aliphatic carbocycles. The Balaban J connectivity index is -0.0000000450. The molecule has 0 aromatic heterocycles. The van der Waals surface area contributed by atoms with Gasteiger partial charge in [-0.3, -0.25) is 0 Å². The van der Waals surface area contributed by atoms with E-state index in [9.17, 15) is 0 Å². The van der Waals surface area contributed by atoms with Crippen molar-refractivity contribution in [3.8, 4) is 0 Å². The van der Waals surface area contributed by atoms with E-state index in [1.54, 1.807) is 0 Å². The summed E-state index contributed by atoms with van der Waals surface area (Å²) in [5.41, 5.74) is 0. The van der Waals surface area contributed by atoms with E-state index in [2.05, 4.69) is 0 Å². The molecule has 2 N–H and O–H groups in total. The van der Waals surface area contributed by atoms with Crippen LogP contribution in [-0.2, 0) is 25.3 Å². The Morgan fingerprint density at radius 1 is 1.33 bits per heavy atom. The van der Waals surface area contributed by atoms with Crippen LogP contribution < -0.4 is 55.0 Å². The minimum absolute atomic E-state index is 0. The summed E-state index contributed by atoms with van der Waals surface area (Å²) in [6, 6.07) is 0. The van der Waals surface area contributed by atoms with Crippen molar-refractivity contribution in [1.82, 2.24) is 0 Å². The molecule has 0 radical (unpaired) electrons. The molecule has 0 aromatic carbocycles. The zero-order valence-corrected chi connectivity index (χ0v) is 8.49. The van der Waals surface area contributed by atoms with Crippen molar-refractivity contribution in [2.75, 3.05) is 0 Å². The second kappa shape index (κ2) is 10.0. The summed E-state index contributed by atoms with van der Waals surface area (Å²) in [6.45, 7) is 0. The molecule has 6 heavy (non-hydrogen) atoms. The average Bonchev–Trinajstić information content (AvgIpc) is 0.811.